The van der Waals surface area contributed by atoms with Gasteiger partial charge in [-0.2, -0.15) is 11.8 Å². The lowest BCUT2D eigenvalue weighted by molar-refractivity contribution is 0.719. The van der Waals surface area contributed by atoms with Gasteiger partial charge in [-0.25, -0.2) is 0 Å². The molecule has 0 saturated heterocycles. The molecule has 68 valence electrons. The van der Waals surface area contributed by atoms with Crippen LogP contribution in [0.25, 0.3) is 0 Å². The lowest BCUT2D eigenvalue weighted by atomic mass is 9.96. The van der Waals surface area contributed by atoms with Crippen LogP contribution >= 0.6 is 11.8 Å². The van der Waals surface area contributed by atoms with Gasteiger partial charge in [0.2, 0.25) is 0 Å². The smallest absolute Gasteiger partial charge is 0.00672 e. The first-order valence-corrected chi connectivity index (χ1v) is 6.08. The molecule has 1 aliphatic carbocycles. The summed E-state index contributed by atoms with van der Waals surface area (Å²) in [6.07, 6.45) is 13.0. The summed E-state index contributed by atoms with van der Waals surface area (Å²) >= 11 is 1.94. The highest BCUT2D eigenvalue weighted by Gasteiger charge is 2.02. The van der Waals surface area contributed by atoms with Crippen LogP contribution in [0.15, 0.2) is 23.8 Å². The van der Waals surface area contributed by atoms with E-state index in [0.29, 0.717) is 0 Å². The monoisotopic (exact) mass is 182 g/mol. The molecule has 0 aromatic rings. The third-order valence-electron chi connectivity index (χ3n) is 2.15. The Morgan fingerprint density at radius 3 is 3.08 bits per heavy atom. The maximum Gasteiger partial charge on any atom is -0.00672 e. The van der Waals surface area contributed by atoms with Crippen molar-refractivity contribution in [1.29, 1.82) is 0 Å². The fourth-order valence-electron chi connectivity index (χ4n) is 1.51. The van der Waals surface area contributed by atoms with E-state index in [-0.39, 0.29) is 0 Å². The van der Waals surface area contributed by atoms with Crippen LogP contribution in [-0.2, 0) is 0 Å². The minimum atomic E-state index is 0.763. The first kappa shape index (κ1) is 9.91. The average molecular weight is 182 g/mol. The zero-order valence-electron chi connectivity index (χ0n) is 8.05. The van der Waals surface area contributed by atoms with Gasteiger partial charge in [-0.15, -0.1) is 0 Å². The molecule has 0 heterocycles. The molecule has 0 bridgehead atoms. The van der Waals surface area contributed by atoms with Gasteiger partial charge in [0.05, 0.1) is 0 Å². The molecule has 0 amide bonds. The molecule has 1 aliphatic rings. The number of rotatable bonds is 4. The van der Waals surface area contributed by atoms with E-state index in [1.807, 2.05) is 11.8 Å². The standard InChI is InChI=1S/C11H18S/c1-10-5-3-6-11(9-10)7-4-8-12-2/h3,6,9-10H,4-5,7-8H2,1-2H3. The first-order valence-electron chi connectivity index (χ1n) is 4.69. The van der Waals surface area contributed by atoms with Gasteiger partial charge >= 0.3 is 0 Å². The largest absolute Gasteiger partial charge is 0.165 e. The van der Waals surface area contributed by atoms with Crippen molar-refractivity contribution in [1.82, 2.24) is 0 Å². The lowest BCUT2D eigenvalue weighted by Gasteiger charge is -2.11. The second-order valence-electron chi connectivity index (χ2n) is 3.45. The van der Waals surface area contributed by atoms with Gasteiger partial charge in [-0.3, -0.25) is 0 Å². The normalized spacial score (nSPS) is 22.5. The van der Waals surface area contributed by atoms with Crippen LogP contribution in [0.4, 0.5) is 0 Å². The summed E-state index contributed by atoms with van der Waals surface area (Å²) in [6.45, 7) is 2.29. The molecule has 1 heteroatoms. The highest BCUT2D eigenvalue weighted by molar-refractivity contribution is 7.98. The summed E-state index contributed by atoms with van der Waals surface area (Å²) < 4.78 is 0. The van der Waals surface area contributed by atoms with E-state index >= 15 is 0 Å². The van der Waals surface area contributed by atoms with E-state index in [1.54, 1.807) is 5.57 Å². The number of hydrogen-bond donors (Lipinski definition) is 0. The molecule has 1 rings (SSSR count). The van der Waals surface area contributed by atoms with Gasteiger partial charge in [-0.1, -0.05) is 30.7 Å². The maximum absolute atomic E-state index is 2.42. The first-order chi connectivity index (χ1) is 5.83. The van der Waals surface area contributed by atoms with Crippen molar-refractivity contribution in [2.24, 2.45) is 5.92 Å². The molecule has 0 fully saturated rings. The molecule has 0 N–H and O–H groups in total. The van der Waals surface area contributed by atoms with E-state index in [2.05, 4.69) is 31.4 Å². The summed E-state index contributed by atoms with van der Waals surface area (Å²) in [5.74, 6) is 2.05. The van der Waals surface area contributed by atoms with Crippen molar-refractivity contribution in [3.05, 3.63) is 23.8 Å². The van der Waals surface area contributed by atoms with Crippen molar-refractivity contribution in [3.8, 4) is 0 Å². The van der Waals surface area contributed by atoms with Gasteiger partial charge in [0.15, 0.2) is 0 Å². The van der Waals surface area contributed by atoms with E-state index in [9.17, 15) is 0 Å². The SMILES string of the molecule is CSCCCC1=CC(C)CC=C1. The molecule has 0 aliphatic heterocycles. The number of thioether (sulfide) groups is 1. The van der Waals surface area contributed by atoms with Crippen molar-refractivity contribution < 1.29 is 0 Å². The van der Waals surface area contributed by atoms with Gasteiger partial charge in [-0.05, 0) is 37.2 Å². The predicted molar refractivity (Wildman–Crippen MR) is 58.6 cm³/mol. The van der Waals surface area contributed by atoms with Crippen LogP contribution in [0, 0.1) is 5.92 Å². The van der Waals surface area contributed by atoms with Crippen LogP contribution < -0.4 is 0 Å². The Bertz CT molecular complexity index is 179. The van der Waals surface area contributed by atoms with Crippen molar-refractivity contribution in [2.45, 2.75) is 26.2 Å². The molecular formula is C11H18S. The Morgan fingerprint density at radius 2 is 2.42 bits per heavy atom. The Hall–Kier alpha value is -0.170. The van der Waals surface area contributed by atoms with E-state index in [4.69, 9.17) is 0 Å². The van der Waals surface area contributed by atoms with Gasteiger partial charge in [0.1, 0.15) is 0 Å². The Morgan fingerprint density at radius 1 is 1.58 bits per heavy atom. The Kier molecular flexibility index (Phi) is 4.52. The Balaban J connectivity index is 2.26. The fourth-order valence-corrected chi connectivity index (χ4v) is 1.94. The molecule has 0 spiro atoms. The molecular weight excluding hydrogens is 164 g/mol. The van der Waals surface area contributed by atoms with E-state index in [0.717, 1.165) is 5.92 Å². The summed E-state index contributed by atoms with van der Waals surface area (Å²) in [5.41, 5.74) is 1.54. The molecule has 0 saturated carbocycles. The Labute approximate surface area is 80.1 Å². The van der Waals surface area contributed by atoms with E-state index in [1.165, 1.54) is 25.0 Å². The zero-order valence-corrected chi connectivity index (χ0v) is 8.86. The molecule has 1 atom stereocenters. The molecule has 0 nitrogen and oxygen atoms in total. The fraction of sp³-hybridized carbons (Fsp3) is 0.636. The molecule has 0 aromatic heterocycles. The minimum Gasteiger partial charge on any atom is -0.165 e. The number of allylic oxidation sites excluding steroid dienone is 4. The predicted octanol–water partition coefficient (Wildman–Crippen LogP) is 3.65. The van der Waals surface area contributed by atoms with Crippen LogP contribution in [0.3, 0.4) is 0 Å². The van der Waals surface area contributed by atoms with Crippen molar-refractivity contribution >= 4 is 11.8 Å². The number of hydrogen-bond acceptors (Lipinski definition) is 1. The quantitative estimate of drug-likeness (QED) is 0.598. The summed E-state index contributed by atoms with van der Waals surface area (Å²) in [5, 5.41) is 0. The van der Waals surface area contributed by atoms with Crippen molar-refractivity contribution in [3.63, 3.8) is 0 Å². The molecule has 12 heavy (non-hydrogen) atoms. The summed E-state index contributed by atoms with van der Waals surface area (Å²) in [7, 11) is 0. The van der Waals surface area contributed by atoms with E-state index < -0.39 is 0 Å². The molecule has 0 radical (unpaired) electrons. The highest BCUT2D eigenvalue weighted by Crippen LogP contribution is 2.19. The maximum atomic E-state index is 2.42. The zero-order chi connectivity index (χ0) is 8.81. The van der Waals surface area contributed by atoms with Crippen LogP contribution in [0.1, 0.15) is 26.2 Å². The minimum absolute atomic E-state index is 0.763. The van der Waals surface area contributed by atoms with Gasteiger partial charge < -0.3 is 0 Å². The summed E-state index contributed by atoms with van der Waals surface area (Å²) in [6, 6.07) is 0. The van der Waals surface area contributed by atoms with Crippen molar-refractivity contribution in [2.75, 3.05) is 12.0 Å². The second-order valence-corrected chi connectivity index (χ2v) is 4.44. The topological polar surface area (TPSA) is 0 Å². The van der Waals surface area contributed by atoms with Crippen LogP contribution in [0.5, 0.6) is 0 Å². The van der Waals surface area contributed by atoms with Gasteiger partial charge in [0.25, 0.3) is 0 Å². The third kappa shape index (κ3) is 3.48. The third-order valence-corrected chi connectivity index (χ3v) is 2.85. The summed E-state index contributed by atoms with van der Waals surface area (Å²) in [4.78, 5) is 0. The van der Waals surface area contributed by atoms with Gasteiger partial charge in [0, 0.05) is 0 Å². The molecule has 1 unspecified atom stereocenters. The molecule has 0 aromatic carbocycles. The van der Waals surface area contributed by atoms with Crippen LogP contribution in [-0.4, -0.2) is 12.0 Å². The highest BCUT2D eigenvalue weighted by atomic mass is 32.2. The van der Waals surface area contributed by atoms with Crippen LogP contribution in [0.2, 0.25) is 0 Å². The average Bonchev–Trinajstić information content (AvgIpc) is 2.05. The lowest BCUT2D eigenvalue weighted by Crippen LogP contribution is -1.95. The second kappa shape index (κ2) is 5.47.